The molecular weight excluding hydrogens is 368 g/mol. The molecule has 2 saturated heterocycles. The first kappa shape index (κ1) is 19.7. The van der Waals surface area contributed by atoms with E-state index < -0.39 is 0 Å². The van der Waals surface area contributed by atoms with Gasteiger partial charge in [-0.2, -0.15) is 0 Å². The highest BCUT2D eigenvalue weighted by molar-refractivity contribution is 5.88. The molecule has 4 amide bonds. The quantitative estimate of drug-likeness (QED) is 0.765. The fourth-order valence-electron chi connectivity index (χ4n) is 4.22. The van der Waals surface area contributed by atoms with Crippen LogP contribution in [0.4, 0.5) is 4.79 Å². The minimum absolute atomic E-state index is 0.0238. The summed E-state index contributed by atoms with van der Waals surface area (Å²) in [6.07, 6.45) is 5.64. The van der Waals surface area contributed by atoms with Crippen LogP contribution in [0, 0.1) is 0 Å². The summed E-state index contributed by atoms with van der Waals surface area (Å²) in [5.41, 5.74) is 1.16. The van der Waals surface area contributed by atoms with Gasteiger partial charge < -0.3 is 20.4 Å². The van der Waals surface area contributed by atoms with E-state index in [2.05, 4.69) is 10.6 Å². The van der Waals surface area contributed by atoms with E-state index in [0.29, 0.717) is 32.1 Å². The molecule has 156 valence electrons. The van der Waals surface area contributed by atoms with Gasteiger partial charge in [0.2, 0.25) is 11.8 Å². The van der Waals surface area contributed by atoms with Crippen LogP contribution in [0.15, 0.2) is 30.3 Å². The number of likely N-dealkylation sites (tertiary alicyclic amines) is 2. The van der Waals surface area contributed by atoms with Crippen molar-refractivity contribution in [2.45, 2.75) is 63.1 Å². The molecule has 4 rings (SSSR count). The fraction of sp³-hybridized carbons (Fsp3) is 0.591. The molecule has 1 aromatic carbocycles. The Morgan fingerprint density at radius 2 is 1.72 bits per heavy atom. The number of rotatable bonds is 6. The van der Waals surface area contributed by atoms with Gasteiger partial charge in [-0.3, -0.25) is 9.59 Å². The third kappa shape index (κ3) is 5.08. The lowest BCUT2D eigenvalue weighted by Crippen LogP contribution is -2.52. The maximum atomic E-state index is 12.7. The van der Waals surface area contributed by atoms with Crippen LogP contribution in [0.3, 0.4) is 0 Å². The minimum Gasteiger partial charge on any atom is -0.352 e. The third-order valence-corrected chi connectivity index (χ3v) is 6.08. The molecule has 1 aromatic rings. The highest BCUT2D eigenvalue weighted by Gasteiger charge is 2.37. The van der Waals surface area contributed by atoms with Crippen molar-refractivity contribution in [3.8, 4) is 0 Å². The van der Waals surface area contributed by atoms with Crippen molar-refractivity contribution in [2.24, 2.45) is 0 Å². The van der Waals surface area contributed by atoms with Crippen LogP contribution in [0.1, 0.15) is 44.1 Å². The zero-order chi connectivity index (χ0) is 20.2. The Hall–Kier alpha value is -2.57. The van der Waals surface area contributed by atoms with E-state index in [4.69, 9.17) is 0 Å². The maximum Gasteiger partial charge on any atom is 0.318 e. The van der Waals surface area contributed by atoms with E-state index in [1.54, 1.807) is 4.90 Å². The van der Waals surface area contributed by atoms with Crippen LogP contribution in [0.25, 0.3) is 0 Å². The number of nitrogens with one attached hydrogen (secondary N) is 2. The molecule has 3 fully saturated rings. The number of aryl methyl sites for hydroxylation is 1. The summed E-state index contributed by atoms with van der Waals surface area (Å²) in [6.45, 7) is 1.83. The van der Waals surface area contributed by atoms with Crippen LogP contribution in [-0.2, 0) is 16.0 Å². The van der Waals surface area contributed by atoms with Crippen LogP contribution < -0.4 is 10.6 Å². The van der Waals surface area contributed by atoms with Crippen LogP contribution in [0.5, 0.6) is 0 Å². The van der Waals surface area contributed by atoms with Crippen LogP contribution in [0.2, 0.25) is 0 Å². The lowest BCUT2D eigenvalue weighted by molar-refractivity contribution is -0.130. The molecule has 2 N–H and O–H groups in total. The van der Waals surface area contributed by atoms with Crippen molar-refractivity contribution < 1.29 is 14.4 Å². The van der Waals surface area contributed by atoms with E-state index in [-0.39, 0.29) is 29.9 Å². The van der Waals surface area contributed by atoms with Gasteiger partial charge >= 0.3 is 6.03 Å². The lowest BCUT2D eigenvalue weighted by atomic mass is 10.1. The first-order valence-electron chi connectivity index (χ1n) is 10.8. The highest BCUT2D eigenvalue weighted by Crippen LogP contribution is 2.23. The molecule has 7 nitrogen and oxygen atoms in total. The molecule has 3 aliphatic rings. The number of hydrogen-bond donors (Lipinski definition) is 2. The van der Waals surface area contributed by atoms with Gasteiger partial charge in [-0.15, -0.1) is 0 Å². The average Bonchev–Trinajstić information content (AvgIpc) is 3.21. The molecule has 2 unspecified atom stereocenters. The number of carbonyl (C=O) groups is 3. The second kappa shape index (κ2) is 8.84. The van der Waals surface area contributed by atoms with Crippen molar-refractivity contribution in [1.82, 2.24) is 20.4 Å². The van der Waals surface area contributed by atoms with Gasteiger partial charge in [0.15, 0.2) is 0 Å². The summed E-state index contributed by atoms with van der Waals surface area (Å²) in [5, 5.41) is 6.06. The van der Waals surface area contributed by atoms with Gasteiger partial charge in [0.05, 0.1) is 0 Å². The van der Waals surface area contributed by atoms with E-state index in [1.165, 1.54) is 0 Å². The molecule has 0 radical (unpaired) electrons. The molecular formula is C22H30N4O3. The largest absolute Gasteiger partial charge is 0.352 e. The summed E-state index contributed by atoms with van der Waals surface area (Å²) >= 11 is 0. The van der Waals surface area contributed by atoms with Crippen molar-refractivity contribution in [2.75, 3.05) is 19.6 Å². The van der Waals surface area contributed by atoms with Crippen molar-refractivity contribution in [1.29, 1.82) is 0 Å². The SMILES string of the molecule is O=C(NC1CC1)C1CCCN1C(=O)NC1CCN(C(=O)CCc2ccccc2)C1. The number of benzene rings is 1. The second-order valence-corrected chi connectivity index (χ2v) is 8.39. The zero-order valence-electron chi connectivity index (χ0n) is 16.8. The monoisotopic (exact) mass is 398 g/mol. The number of nitrogens with zero attached hydrogens (tertiary/aromatic N) is 2. The topological polar surface area (TPSA) is 81.8 Å². The third-order valence-electron chi connectivity index (χ3n) is 6.08. The molecule has 0 bridgehead atoms. The second-order valence-electron chi connectivity index (χ2n) is 8.39. The molecule has 1 aliphatic carbocycles. The van der Waals surface area contributed by atoms with E-state index in [1.807, 2.05) is 35.2 Å². The number of amides is 4. The van der Waals surface area contributed by atoms with E-state index in [9.17, 15) is 14.4 Å². The van der Waals surface area contributed by atoms with Crippen molar-refractivity contribution >= 4 is 17.8 Å². The van der Waals surface area contributed by atoms with Gasteiger partial charge in [-0.25, -0.2) is 4.79 Å². The predicted octanol–water partition coefficient (Wildman–Crippen LogP) is 1.67. The Labute approximate surface area is 171 Å². The molecule has 2 heterocycles. The van der Waals surface area contributed by atoms with E-state index in [0.717, 1.165) is 44.1 Å². The Bertz CT molecular complexity index is 750. The zero-order valence-corrected chi connectivity index (χ0v) is 16.8. The number of carbonyl (C=O) groups excluding carboxylic acids is 3. The highest BCUT2D eigenvalue weighted by atomic mass is 16.2. The summed E-state index contributed by atoms with van der Waals surface area (Å²) < 4.78 is 0. The maximum absolute atomic E-state index is 12.7. The standard InChI is InChI=1S/C22H30N4O3/c27-20(11-8-16-5-2-1-3-6-16)25-14-12-18(15-25)24-22(29)26-13-4-7-19(26)21(28)23-17-9-10-17/h1-3,5-6,17-19H,4,7-15H2,(H,23,28)(H,24,29). The molecule has 2 atom stereocenters. The summed E-state index contributed by atoms with van der Waals surface area (Å²) in [4.78, 5) is 41.1. The summed E-state index contributed by atoms with van der Waals surface area (Å²) in [5.74, 6) is 0.109. The predicted molar refractivity (Wildman–Crippen MR) is 109 cm³/mol. The molecule has 2 aliphatic heterocycles. The average molecular weight is 399 g/mol. The van der Waals surface area contributed by atoms with Gasteiger partial charge in [-0.05, 0) is 44.1 Å². The minimum atomic E-state index is -0.361. The Balaban J connectivity index is 1.23. The first-order chi connectivity index (χ1) is 14.1. The lowest BCUT2D eigenvalue weighted by Gasteiger charge is -2.26. The Kier molecular flexibility index (Phi) is 6.02. The van der Waals surface area contributed by atoms with Gasteiger partial charge in [0, 0.05) is 38.1 Å². The van der Waals surface area contributed by atoms with Crippen molar-refractivity contribution in [3.05, 3.63) is 35.9 Å². The first-order valence-corrected chi connectivity index (χ1v) is 10.8. The number of urea groups is 1. The molecule has 0 spiro atoms. The Morgan fingerprint density at radius 1 is 0.931 bits per heavy atom. The Morgan fingerprint density at radius 3 is 2.48 bits per heavy atom. The smallest absolute Gasteiger partial charge is 0.318 e. The van der Waals surface area contributed by atoms with Gasteiger partial charge in [0.25, 0.3) is 0 Å². The van der Waals surface area contributed by atoms with Gasteiger partial charge in [-0.1, -0.05) is 30.3 Å². The fourth-order valence-corrected chi connectivity index (χ4v) is 4.22. The summed E-state index contributed by atoms with van der Waals surface area (Å²) in [7, 11) is 0. The van der Waals surface area contributed by atoms with Gasteiger partial charge in [0.1, 0.15) is 6.04 Å². The molecule has 1 saturated carbocycles. The normalized spacial score (nSPS) is 23.9. The van der Waals surface area contributed by atoms with E-state index >= 15 is 0 Å². The number of hydrogen-bond acceptors (Lipinski definition) is 3. The molecule has 29 heavy (non-hydrogen) atoms. The van der Waals surface area contributed by atoms with Crippen LogP contribution in [-0.4, -0.2) is 65.4 Å². The molecule has 0 aromatic heterocycles. The van der Waals surface area contributed by atoms with Crippen molar-refractivity contribution in [3.63, 3.8) is 0 Å². The molecule has 7 heteroatoms. The summed E-state index contributed by atoms with van der Waals surface area (Å²) in [6, 6.07) is 9.73. The van der Waals surface area contributed by atoms with Crippen LogP contribution >= 0.6 is 0 Å².